The molecular weight excluding hydrogens is 334 g/mol. The highest BCUT2D eigenvalue weighted by atomic mass is 79.9. The topological polar surface area (TPSA) is 75.6 Å². The molecule has 1 rings (SSSR count). The van der Waals surface area contributed by atoms with E-state index in [1.54, 1.807) is 26.8 Å². The van der Waals surface area contributed by atoms with Gasteiger partial charge in [0.2, 0.25) is 0 Å². The van der Waals surface area contributed by atoms with Crippen LogP contribution in [0.4, 0.5) is 9.80 Å². The zero-order valence-electron chi connectivity index (χ0n) is 10.7. The molecule has 0 aromatic carbocycles. The van der Waals surface area contributed by atoms with E-state index in [1.165, 1.54) is 17.4 Å². The van der Waals surface area contributed by atoms with Crippen molar-refractivity contribution in [1.82, 2.24) is 0 Å². The lowest BCUT2D eigenvalue weighted by Gasteiger charge is -2.19. The molecule has 1 amide bonds. The van der Waals surface area contributed by atoms with Crippen LogP contribution in [0.15, 0.2) is 16.6 Å². The van der Waals surface area contributed by atoms with Gasteiger partial charge in [0, 0.05) is 15.4 Å². The van der Waals surface area contributed by atoms with Gasteiger partial charge in [-0.1, -0.05) is 0 Å². The molecule has 0 saturated carbocycles. The second-order valence-corrected chi connectivity index (χ2v) is 6.56. The number of rotatable bonds is 3. The van der Waals surface area contributed by atoms with Crippen LogP contribution in [0.1, 0.15) is 25.6 Å². The Morgan fingerprint density at radius 1 is 1.47 bits per heavy atom. The van der Waals surface area contributed by atoms with Crippen molar-refractivity contribution in [1.29, 1.82) is 0 Å². The first-order chi connectivity index (χ1) is 8.67. The molecule has 0 fully saturated rings. The number of hydrogen-bond acceptors (Lipinski definition) is 4. The summed E-state index contributed by atoms with van der Waals surface area (Å²) in [6, 6.07) is 1.69. The summed E-state index contributed by atoms with van der Waals surface area (Å²) in [7, 11) is 0. The third-order valence-electron chi connectivity index (χ3n) is 1.71. The number of nitrogens with one attached hydrogen (secondary N) is 1. The van der Waals surface area contributed by atoms with Gasteiger partial charge in [0.1, 0.15) is 5.60 Å². The maximum atomic E-state index is 11.6. The minimum atomic E-state index is -1.03. The number of aliphatic carboxylic acids is 1. The van der Waals surface area contributed by atoms with Gasteiger partial charge < -0.3 is 9.84 Å². The average Bonchev–Trinajstić information content (AvgIpc) is 2.52. The average molecular weight is 348 g/mol. The fraction of sp³-hybridized carbons (Fsp3) is 0.333. The number of thiophene rings is 1. The highest BCUT2D eigenvalue weighted by molar-refractivity contribution is 9.10. The van der Waals surface area contributed by atoms with E-state index in [0.717, 1.165) is 6.08 Å². The van der Waals surface area contributed by atoms with Crippen LogP contribution in [0.5, 0.6) is 0 Å². The Hall–Kier alpha value is -1.34. The maximum absolute atomic E-state index is 11.6. The van der Waals surface area contributed by atoms with Crippen molar-refractivity contribution in [3.8, 4) is 0 Å². The zero-order valence-corrected chi connectivity index (χ0v) is 13.1. The number of carboxylic acids is 1. The first-order valence-corrected chi connectivity index (χ1v) is 6.98. The molecule has 7 heteroatoms. The van der Waals surface area contributed by atoms with E-state index in [2.05, 4.69) is 21.2 Å². The lowest BCUT2D eigenvalue weighted by Crippen LogP contribution is -2.26. The second-order valence-electron chi connectivity index (χ2n) is 4.62. The Kier molecular flexibility index (Phi) is 5.13. The maximum Gasteiger partial charge on any atom is 0.412 e. The van der Waals surface area contributed by atoms with Gasteiger partial charge in [0.15, 0.2) is 0 Å². The van der Waals surface area contributed by atoms with Gasteiger partial charge in [-0.3, -0.25) is 5.32 Å². The van der Waals surface area contributed by atoms with Crippen LogP contribution in [-0.2, 0) is 9.53 Å². The number of ether oxygens (including phenoxy) is 1. The summed E-state index contributed by atoms with van der Waals surface area (Å²) in [6.07, 6.45) is 1.94. The number of carbonyl (C=O) groups excluding carboxylic acids is 1. The molecule has 0 spiro atoms. The monoisotopic (exact) mass is 347 g/mol. The Balaban J connectivity index is 2.74. The molecule has 0 bridgehead atoms. The molecule has 2 N–H and O–H groups in total. The zero-order chi connectivity index (χ0) is 14.6. The summed E-state index contributed by atoms with van der Waals surface area (Å²) in [5.74, 6) is -1.03. The Morgan fingerprint density at radius 3 is 2.63 bits per heavy atom. The minimum absolute atomic E-state index is 0.546. The van der Waals surface area contributed by atoms with Gasteiger partial charge >= 0.3 is 12.1 Å². The third kappa shape index (κ3) is 5.89. The van der Waals surface area contributed by atoms with E-state index in [0.29, 0.717) is 14.4 Å². The molecule has 1 aromatic heterocycles. The van der Waals surface area contributed by atoms with Gasteiger partial charge in [0.25, 0.3) is 0 Å². The highest BCUT2D eigenvalue weighted by Crippen LogP contribution is 2.32. The van der Waals surface area contributed by atoms with Crippen LogP contribution in [0, 0.1) is 0 Å². The van der Waals surface area contributed by atoms with Crippen molar-refractivity contribution < 1.29 is 19.4 Å². The second kappa shape index (κ2) is 6.21. The molecule has 0 aliphatic carbocycles. The molecule has 0 aliphatic rings. The van der Waals surface area contributed by atoms with Crippen molar-refractivity contribution in [2.45, 2.75) is 26.4 Å². The van der Waals surface area contributed by atoms with Crippen LogP contribution in [0.25, 0.3) is 6.08 Å². The summed E-state index contributed by atoms with van der Waals surface area (Å²) in [5, 5.41) is 11.7. The molecule has 0 aliphatic heterocycles. The molecule has 0 unspecified atom stereocenters. The number of amides is 1. The minimum Gasteiger partial charge on any atom is -0.478 e. The Bertz CT molecular complexity index is 516. The van der Waals surface area contributed by atoms with Crippen LogP contribution in [0.3, 0.4) is 0 Å². The Labute approximate surface area is 123 Å². The summed E-state index contributed by atoms with van der Waals surface area (Å²) in [5.41, 5.74) is -0.565. The van der Waals surface area contributed by atoms with E-state index >= 15 is 0 Å². The van der Waals surface area contributed by atoms with Crippen molar-refractivity contribution in [2.75, 3.05) is 5.32 Å². The molecule has 1 aromatic rings. The number of anilines is 1. The van der Waals surface area contributed by atoms with Gasteiger partial charge in [-0.05, 0) is 48.8 Å². The van der Waals surface area contributed by atoms with Crippen LogP contribution >= 0.6 is 27.3 Å². The van der Waals surface area contributed by atoms with Crippen LogP contribution in [0.2, 0.25) is 0 Å². The van der Waals surface area contributed by atoms with Crippen LogP contribution < -0.4 is 5.32 Å². The number of carbonyl (C=O) groups is 2. The normalized spacial score (nSPS) is 11.6. The third-order valence-corrected chi connectivity index (χ3v) is 3.65. The van der Waals surface area contributed by atoms with E-state index in [1.807, 2.05) is 0 Å². The lowest BCUT2D eigenvalue weighted by atomic mass is 10.2. The predicted molar refractivity (Wildman–Crippen MR) is 78.5 cm³/mol. The molecule has 19 heavy (non-hydrogen) atoms. The van der Waals surface area contributed by atoms with Crippen molar-refractivity contribution in [2.24, 2.45) is 0 Å². The highest BCUT2D eigenvalue weighted by Gasteiger charge is 2.17. The van der Waals surface area contributed by atoms with Crippen molar-refractivity contribution in [3.63, 3.8) is 0 Å². The van der Waals surface area contributed by atoms with Gasteiger partial charge in [-0.15, -0.1) is 11.3 Å². The fourth-order valence-corrected chi connectivity index (χ4v) is 2.71. The summed E-state index contributed by atoms with van der Waals surface area (Å²) in [6.45, 7) is 5.33. The first-order valence-electron chi connectivity index (χ1n) is 5.38. The molecule has 1 heterocycles. The van der Waals surface area contributed by atoms with Gasteiger partial charge in [-0.25, -0.2) is 9.59 Å². The predicted octanol–water partition coefficient (Wildman–Crippen LogP) is 3.96. The smallest absolute Gasteiger partial charge is 0.412 e. The summed E-state index contributed by atoms with van der Waals surface area (Å²) >= 11 is 4.54. The van der Waals surface area contributed by atoms with E-state index < -0.39 is 17.7 Å². The van der Waals surface area contributed by atoms with Crippen LogP contribution in [-0.4, -0.2) is 22.8 Å². The fourth-order valence-electron chi connectivity index (χ4n) is 1.11. The molecule has 5 nitrogen and oxygen atoms in total. The largest absolute Gasteiger partial charge is 0.478 e. The quantitative estimate of drug-likeness (QED) is 0.811. The molecular formula is C12H14BrNO4S. The van der Waals surface area contributed by atoms with Gasteiger partial charge in [-0.2, -0.15) is 0 Å². The van der Waals surface area contributed by atoms with E-state index in [-0.39, 0.29) is 0 Å². The molecule has 0 radical (unpaired) electrons. The summed E-state index contributed by atoms with van der Waals surface area (Å²) in [4.78, 5) is 22.7. The number of hydrogen-bond donors (Lipinski definition) is 2. The standard InChI is InChI=1S/C12H14BrNO4S/c1-12(2,3)18-11(17)14-9-6-7(13)8(19-9)4-5-10(15)16/h4-6H,1-3H3,(H,14,17)(H,15,16)/b5-4+. The summed E-state index contributed by atoms with van der Waals surface area (Å²) < 4.78 is 5.83. The van der Waals surface area contributed by atoms with Crippen molar-refractivity contribution in [3.05, 3.63) is 21.5 Å². The van der Waals surface area contributed by atoms with E-state index in [4.69, 9.17) is 9.84 Å². The molecule has 0 atom stereocenters. The SMILES string of the molecule is CC(C)(C)OC(=O)Nc1cc(Br)c(/C=C/C(=O)O)s1. The van der Waals surface area contributed by atoms with Crippen molar-refractivity contribution >= 4 is 50.4 Å². The molecule has 0 saturated heterocycles. The number of halogens is 1. The number of carboxylic acid groups (broad SMARTS) is 1. The Morgan fingerprint density at radius 2 is 2.11 bits per heavy atom. The van der Waals surface area contributed by atoms with Gasteiger partial charge in [0.05, 0.1) is 5.00 Å². The van der Waals surface area contributed by atoms with E-state index in [9.17, 15) is 9.59 Å². The lowest BCUT2D eigenvalue weighted by molar-refractivity contribution is -0.131. The first kappa shape index (κ1) is 15.7. The molecule has 104 valence electrons.